The predicted molar refractivity (Wildman–Crippen MR) is 93.3 cm³/mol. The Kier molecular flexibility index (Phi) is 5.79. The Morgan fingerprint density at radius 1 is 1.16 bits per heavy atom. The standard InChI is InChI=1S/C19H26N2O4/c1-14(22)21(16-5-3-2-4-6-16)10-9-19(23)20-12-15-7-8-17-18(11-15)25-13-24-17/h7-8,11,16H,2-6,9-10,12-13H2,1H3,(H,20,23). The molecule has 1 N–H and O–H groups in total. The molecule has 1 aromatic rings. The zero-order chi connectivity index (χ0) is 17.6. The number of fused-ring (bicyclic) bond motifs is 1. The smallest absolute Gasteiger partial charge is 0.231 e. The first-order chi connectivity index (χ1) is 12.1. The van der Waals surface area contributed by atoms with Gasteiger partial charge in [-0.2, -0.15) is 0 Å². The summed E-state index contributed by atoms with van der Waals surface area (Å²) in [6, 6.07) is 5.95. The number of carbonyl (C=O) groups is 2. The predicted octanol–water partition coefficient (Wildman–Crippen LogP) is 2.60. The first-order valence-electron chi connectivity index (χ1n) is 9.06. The maximum absolute atomic E-state index is 12.2. The van der Waals surface area contributed by atoms with Crippen LogP contribution in [0.15, 0.2) is 18.2 Å². The summed E-state index contributed by atoms with van der Waals surface area (Å²) in [6.45, 7) is 2.78. The van der Waals surface area contributed by atoms with E-state index in [1.807, 2.05) is 23.1 Å². The number of rotatable bonds is 6. The number of benzene rings is 1. The van der Waals surface area contributed by atoms with Crippen molar-refractivity contribution in [1.29, 1.82) is 0 Å². The van der Waals surface area contributed by atoms with E-state index in [0.29, 0.717) is 31.3 Å². The molecular formula is C19H26N2O4. The maximum atomic E-state index is 12.2. The summed E-state index contributed by atoms with van der Waals surface area (Å²) in [7, 11) is 0. The first kappa shape index (κ1) is 17.6. The Morgan fingerprint density at radius 2 is 1.92 bits per heavy atom. The lowest BCUT2D eigenvalue weighted by molar-refractivity contribution is -0.132. The summed E-state index contributed by atoms with van der Waals surface area (Å²) in [5.74, 6) is 1.47. The van der Waals surface area contributed by atoms with Crippen LogP contribution in [0.25, 0.3) is 0 Å². The van der Waals surface area contributed by atoms with Crippen molar-refractivity contribution in [1.82, 2.24) is 10.2 Å². The molecule has 0 aromatic heterocycles. The lowest BCUT2D eigenvalue weighted by Gasteiger charge is -2.33. The summed E-state index contributed by atoms with van der Waals surface area (Å²) in [5, 5.41) is 2.91. The number of hydrogen-bond acceptors (Lipinski definition) is 4. The van der Waals surface area contributed by atoms with E-state index in [1.165, 1.54) is 19.3 Å². The molecule has 1 aliphatic carbocycles. The fourth-order valence-electron chi connectivity index (χ4n) is 3.55. The molecule has 1 heterocycles. The monoisotopic (exact) mass is 346 g/mol. The van der Waals surface area contributed by atoms with Crippen LogP contribution >= 0.6 is 0 Å². The van der Waals surface area contributed by atoms with Crippen LogP contribution in [0.3, 0.4) is 0 Å². The van der Waals surface area contributed by atoms with Gasteiger partial charge in [-0.25, -0.2) is 0 Å². The highest BCUT2D eigenvalue weighted by molar-refractivity contribution is 5.78. The van der Waals surface area contributed by atoms with Gasteiger partial charge in [-0.15, -0.1) is 0 Å². The van der Waals surface area contributed by atoms with E-state index in [9.17, 15) is 9.59 Å². The van der Waals surface area contributed by atoms with Crippen LogP contribution in [-0.2, 0) is 16.1 Å². The van der Waals surface area contributed by atoms with Gasteiger partial charge in [-0.1, -0.05) is 25.3 Å². The molecule has 0 saturated heterocycles. The summed E-state index contributed by atoms with van der Waals surface area (Å²) in [5.41, 5.74) is 0.966. The number of hydrogen-bond donors (Lipinski definition) is 1. The summed E-state index contributed by atoms with van der Waals surface area (Å²) in [6.07, 6.45) is 6.03. The highest BCUT2D eigenvalue weighted by Gasteiger charge is 2.23. The third-order valence-corrected chi connectivity index (χ3v) is 4.93. The average Bonchev–Trinajstić information content (AvgIpc) is 3.08. The molecule has 136 valence electrons. The minimum Gasteiger partial charge on any atom is -0.454 e. The molecule has 3 rings (SSSR count). The number of carbonyl (C=O) groups excluding carboxylic acids is 2. The number of nitrogens with zero attached hydrogens (tertiary/aromatic N) is 1. The minimum absolute atomic E-state index is 0.0419. The Bertz CT molecular complexity index is 626. The van der Waals surface area contributed by atoms with Gasteiger partial charge in [0, 0.05) is 32.5 Å². The molecule has 1 aromatic carbocycles. The highest BCUT2D eigenvalue weighted by Crippen LogP contribution is 2.32. The van der Waals surface area contributed by atoms with Crippen molar-refractivity contribution in [3.05, 3.63) is 23.8 Å². The molecule has 0 bridgehead atoms. The second-order valence-electron chi connectivity index (χ2n) is 6.72. The van der Waals surface area contributed by atoms with Crippen molar-refractivity contribution in [2.75, 3.05) is 13.3 Å². The molecule has 1 aliphatic heterocycles. The zero-order valence-electron chi connectivity index (χ0n) is 14.8. The first-order valence-corrected chi connectivity index (χ1v) is 9.06. The molecule has 6 nitrogen and oxygen atoms in total. The summed E-state index contributed by atoms with van der Waals surface area (Å²) in [4.78, 5) is 25.9. The van der Waals surface area contributed by atoms with E-state index in [-0.39, 0.29) is 18.6 Å². The van der Waals surface area contributed by atoms with Crippen LogP contribution < -0.4 is 14.8 Å². The Morgan fingerprint density at radius 3 is 2.68 bits per heavy atom. The topological polar surface area (TPSA) is 67.9 Å². The van der Waals surface area contributed by atoms with Crippen LogP contribution in [-0.4, -0.2) is 36.1 Å². The van der Waals surface area contributed by atoms with E-state index < -0.39 is 0 Å². The molecule has 0 atom stereocenters. The molecule has 2 amide bonds. The molecule has 1 fully saturated rings. The van der Waals surface area contributed by atoms with Crippen LogP contribution in [0.2, 0.25) is 0 Å². The van der Waals surface area contributed by atoms with Crippen molar-refractivity contribution in [2.24, 2.45) is 0 Å². The normalized spacial score (nSPS) is 16.5. The summed E-state index contributed by atoms with van der Waals surface area (Å²) < 4.78 is 10.6. The number of nitrogens with one attached hydrogen (secondary N) is 1. The van der Waals surface area contributed by atoms with Crippen LogP contribution in [0, 0.1) is 0 Å². The van der Waals surface area contributed by atoms with Gasteiger partial charge in [0.05, 0.1) is 0 Å². The molecule has 0 unspecified atom stereocenters. The van der Waals surface area contributed by atoms with Gasteiger partial charge >= 0.3 is 0 Å². The van der Waals surface area contributed by atoms with Gasteiger partial charge in [0.15, 0.2) is 11.5 Å². The average molecular weight is 346 g/mol. The molecule has 2 aliphatic rings. The largest absolute Gasteiger partial charge is 0.454 e. The van der Waals surface area contributed by atoms with Gasteiger partial charge in [0.25, 0.3) is 0 Å². The van der Waals surface area contributed by atoms with Gasteiger partial charge in [-0.3, -0.25) is 9.59 Å². The van der Waals surface area contributed by atoms with E-state index in [2.05, 4.69) is 5.32 Å². The fraction of sp³-hybridized carbons (Fsp3) is 0.579. The van der Waals surface area contributed by atoms with Crippen molar-refractivity contribution >= 4 is 11.8 Å². The van der Waals surface area contributed by atoms with Crippen molar-refractivity contribution < 1.29 is 19.1 Å². The number of amides is 2. The highest BCUT2D eigenvalue weighted by atomic mass is 16.7. The van der Waals surface area contributed by atoms with Crippen LogP contribution in [0.4, 0.5) is 0 Å². The lowest BCUT2D eigenvalue weighted by Crippen LogP contribution is -2.42. The van der Waals surface area contributed by atoms with E-state index >= 15 is 0 Å². The Hall–Kier alpha value is -2.24. The van der Waals surface area contributed by atoms with Crippen LogP contribution in [0.5, 0.6) is 11.5 Å². The quantitative estimate of drug-likeness (QED) is 0.860. The Labute approximate surface area is 148 Å². The van der Waals surface area contributed by atoms with Crippen molar-refractivity contribution in [2.45, 2.75) is 58.0 Å². The SMILES string of the molecule is CC(=O)N(CCC(=O)NCc1ccc2c(c1)OCO2)C1CCCCC1. The van der Waals surface area contributed by atoms with Gasteiger partial charge < -0.3 is 19.7 Å². The minimum atomic E-state index is -0.0419. The molecule has 1 saturated carbocycles. The second-order valence-corrected chi connectivity index (χ2v) is 6.72. The molecule has 0 radical (unpaired) electrons. The fourth-order valence-corrected chi connectivity index (χ4v) is 3.55. The van der Waals surface area contributed by atoms with E-state index in [1.54, 1.807) is 6.92 Å². The van der Waals surface area contributed by atoms with E-state index in [0.717, 1.165) is 24.2 Å². The van der Waals surface area contributed by atoms with Crippen molar-refractivity contribution in [3.63, 3.8) is 0 Å². The molecule has 0 spiro atoms. The lowest BCUT2D eigenvalue weighted by atomic mass is 9.94. The van der Waals surface area contributed by atoms with Gasteiger partial charge in [0.1, 0.15) is 0 Å². The van der Waals surface area contributed by atoms with Crippen LogP contribution in [0.1, 0.15) is 51.0 Å². The Balaban J connectivity index is 1.45. The molecular weight excluding hydrogens is 320 g/mol. The second kappa shape index (κ2) is 8.23. The maximum Gasteiger partial charge on any atom is 0.231 e. The number of ether oxygens (including phenoxy) is 2. The molecule has 25 heavy (non-hydrogen) atoms. The summed E-state index contributed by atoms with van der Waals surface area (Å²) >= 11 is 0. The zero-order valence-corrected chi connectivity index (χ0v) is 14.8. The third kappa shape index (κ3) is 4.65. The van der Waals surface area contributed by atoms with E-state index in [4.69, 9.17) is 9.47 Å². The molecule has 6 heteroatoms. The third-order valence-electron chi connectivity index (χ3n) is 4.93. The van der Waals surface area contributed by atoms with Gasteiger partial charge in [-0.05, 0) is 30.5 Å². The van der Waals surface area contributed by atoms with Gasteiger partial charge in [0.2, 0.25) is 18.6 Å². The van der Waals surface area contributed by atoms with Crippen molar-refractivity contribution in [3.8, 4) is 11.5 Å².